The van der Waals surface area contributed by atoms with Crippen LogP contribution in [0.25, 0.3) is 0 Å². The van der Waals surface area contributed by atoms with Crippen LogP contribution in [-0.2, 0) is 9.84 Å². The largest absolute Gasteiger partial charge is 0.492 e. The van der Waals surface area contributed by atoms with Crippen LogP contribution in [0.2, 0.25) is 5.02 Å². The maximum absolute atomic E-state index is 11.0. The lowest BCUT2D eigenvalue weighted by molar-refractivity contribution is 0.304. The summed E-state index contributed by atoms with van der Waals surface area (Å²) in [5.74, 6) is 1.52. The molecule has 0 heterocycles. The second-order valence-electron chi connectivity index (χ2n) is 6.44. The van der Waals surface area contributed by atoms with E-state index >= 15 is 0 Å². The molecule has 0 atom stereocenters. The zero-order valence-electron chi connectivity index (χ0n) is 14.5. The fourth-order valence-corrected chi connectivity index (χ4v) is 3.32. The van der Waals surface area contributed by atoms with Crippen LogP contribution < -0.4 is 4.74 Å². The van der Waals surface area contributed by atoms with Gasteiger partial charge in [-0.1, -0.05) is 57.2 Å². The van der Waals surface area contributed by atoms with Crippen molar-refractivity contribution in [3.05, 3.63) is 28.8 Å². The van der Waals surface area contributed by atoms with Gasteiger partial charge >= 0.3 is 0 Å². The van der Waals surface area contributed by atoms with Crippen LogP contribution in [0.15, 0.2) is 18.2 Å². The lowest BCUT2D eigenvalue weighted by Gasteiger charge is -2.11. The molecule has 0 amide bonds. The first-order valence-electron chi connectivity index (χ1n) is 8.39. The van der Waals surface area contributed by atoms with E-state index in [0.717, 1.165) is 44.3 Å². The molecule has 0 unspecified atom stereocenters. The van der Waals surface area contributed by atoms with Crippen LogP contribution in [0.3, 0.4) is 0 Å². The first kappa shape index (κ1) is 20.3. The van der Waals surface area contributed by atoms with E-state index in [9.17, 15) is 8.42 Å². The molecule has 0 N–H and O–H groups in total. The van der Waals surface area contributed by atoms with Gasteiger partial charge < -0.3 is 4.74 Å². The van der Waals surface area contributed by atoms with Gasteiger partial charge in [0.2, 0.25) is 0 Å². The minimum absolute atomic E-state index is 0.307. The van der Waals surface area contributed by atoms with Gasteiger partial charge in [0, 0.05) is 12.0 Å². The molecular weight excluding hydrogens is 332 g/mol. The van der Waals surface area contributed by atoms with E-state index in [-0.39, 0.29) is 0 Å². The topological polar surface area (TPSA) is 43.4 Å². The van der Waals surface area contributed by atoms with E-state index in [2.05, 4.69) is 19.9 Å². The van der Waals surface area contributed by atoms with Crippen molar-refractivity contribution >= 4 is 21.4 Å². The van der Waals surface area contributed by atoms with Crippen molar-refractivity contribution in [2.75, 3.05) is 18.6 Å². The molecule has 5 heteroatoms. The molecule has 0 saturated heterocycles. The minimum Gasteiger partial charge on any atom is -0.492 e. The summed E-state index contributed by atoms with van der Waals surface area (Å²) >= 11 is 6.23. The van der Waals surface area contributed by atoms with E-state index in [4.69, 9.17) is 16.3 Å². The maximum atomic E-state index is 11.0. The summed E-state index contributed by atoms with van der Waals surface area (Å²) in [6.07, 6.45) is 7.34. The monoisotopic (exact) mass is 360 g/mol. The number of ether oxygens (including phenoxy) is 1. The predicted molar refractivity (Wildman–Crippen MR) is 98.4 cm³/mol. The smallest absolute Gasteiger partial charge is 0.147 e. The van der Waals surface area contributed by atoms with Gasteiger partial charge in [-0.25, -0.2) is 8.42 Å². The number of benzene rings is 1. The van der Waals surface area contributed by atoms with Crippen molar-refractivity contribution in [2.24, 2.45) is 0 Å². The highest BCUT2D eigenvalue weighted by Gasteiger charge is 2.05. The molecule has 23 heavy (non-hydrogen) atoms. The zero-order chi connectivity index (χ0) is 17.3. The Morgan fingerprint density at radius 1 is 1.04 bits per heavy atom. The molecule has 0 fully saturated rings. The number of rotatable bonds is 11. The summed E-state index contributed by atoms with van der Waals surface area (Å²) in [7, 11) is -2.80. The Hall–Kier alpha value is -0.740. The Kier molecular flexibility index (Phi) is 9.00. The highest BCUT2D eigenvalue weighted by atomic mass is 35.5. The van der Waals surface area contributed by atoms with Gasteiger partial charge in [0.15, 0.2) is 0 Å². The third kappa shape index (κ3) is 9.21. The summed E-state index contributed by atoms with van der Waals surface area (Å²) < 4.78 is 27.7. The van der Waals surface area contributed by atoms with Gasteiger partial charge in [-0.05, 0) is 36.5 Å². The molecule has 0 aliphatic heterocycles. The Balaban J connectivity index is 2.11. The zero-order valence-corrected chi connectivity index (χ0v) is 16.0. The van der Waals surface area contributed by atoms with Crippen molar-refractivity contribution < 1.29 is 13.2 Å². The highest BCUT2D eigenvalue weighted by Crippen LogP contribution is 2.28. The first-order chi connectivity index (χ1) is 10.8. The molecule has 1 aromatic rings. The molecule has 0 aliphatic rings. The maximum Gasteiger partial charge on any atom is 0.147 e. The van der Waals surface area contributed by atoms with E-state index in [0.29, 0.717) is 23.3 Å². The van der Waals surface area contributed by atoms with E-state index < -0.39 is 9.84 Å². The Labute approximate surface area is 146 Å². The number of hydrogen-bond donors (Lipinski definition) is 0. The molecule has 0 saturated carbocycles. The number of hydrogen-bond acceptors (Lipinski definition) is 3. The highest BCUT2D eigenvalue weighted by molar-refractivity contribution is 7.90. The third-order valence-electron chi connectivity index (χ3n) is 3.79. The van der Waals surface area contributed by atoms with Crippen molar-refractivity contribution in [1.82, 2.24) is 0 Å². The van der Waals surface area contributed by atoms with Crippen LogP contribution in [0.4, 0.5) is 0 Å². The summed E-state index contributed by atoms with van der Waals surface area (Å²) in [5.41, 5.74) is 1.22. The predicted octanol–water partition coefficient (Wildman–Crippen LogP) is 5.23. The van der Waals surface area contributed by atoms with Crippen LogP contribution >= 0.6 is 11.6 Å². The molecule has 3 nitrogen and oxygen atoms in total. The number of unbranched alkanes of at least 4 members (excludes halogenated alkanes) is 5. The van der Waals surface area contributed by atoms with E-state index in [1.807, 2.05) is 12.1 Å². The molecule has 0 aliphatic carbocycles. The van der Waals surface area contributed by atoms with Crippen LogP contribution in [0, 0.1) is 0 Å². The van der Waals surface area contributed by atoms with Gasteiger partial charge in [-0.15, -0.1) is 0 Å². The molecule has 0 radical (unpaired) electrons. The Morgan fingerprint density at radius 2 is 1.65 bits per heavy atom. The molecular formula is C18H29ClO3S. The molecule has 0 bridgehead atoms. The molecule has 1 rings (SSSR count). The second kappa shape index (κ2) is 10.2. The summed E-state index contributed by atoms with van der Waals surface area (Å²) in [6, 6.07) is 5.99. The van der Waals surface area contributed by atoms with Crippen LogP contribution in [0.5, 0.6) is 5.75 Å². The van der Waals surface area contributed by atoms with E-state index in [1.165, 1.54) is 11.8 Å². The fraction of sp³-hybridized carbons (Fsp3) is 0.667. The number of sulfone groups is 1. The third-order valence-corrected chi connectivity index (χ3v) is 5.12. The molecule has 0 spiro atoms. The Bertz CT molecular complexity index is 568. The second-order valence-corrected chi connectivity index (χ2v) is 9.11. The normalized spacial score (nSPS) is 11.9. The Morgan fingerprint density at radius 3 is 2.22 bits per heavy atom. The molecule has 132 valence electrons. The average molecular weight is 361 g/mol. The molecule has 0 aromatic heterocycles. The standard InChI is InChI=1S/C18H29ClO3S/c1-15(2)16-10-11-18(17(19)14-16)22-12-8-6-4-5-7-9-13-23(3,20)21/h10-11,14-15H,4-9,12-13H2,1-3H3. The number of halogens is 1. The summed E-state index contributed by atoms with van der Waals surface area (Å²) in [4.78, 5) is 0. The fourth-order valence-electron chi connectivity index (χ4n) is 2.35. The van der Waals surface area contributed by atoms with Crippen molar-refractivity contribution in [3.63, 3.8) is 0 Å². The van der Waals surface area contributed by atoms with Crippen molar-refractivity contribution in [3.8, 4) is 5.75 Å². The summed E-state index contributed by atoms with van der Waals surface area (Å²) in [5, 5.41) is 0.678. The van der Waals surface area contributed by atoms with Crippen molar-refractivity contribution in [1.29, 1.82) is 0 Å². The molecule has 1 aromatic carbocycles. The van der Waals surface area contributed by atoms with Gasteiger partial charge in [-0.3, -0.25) is 0 Å². The lowest BCUT2D eigenvalue weighted by atomic mass is 10.0. The van der Waals surface area contributed by atoms with Gasteiger partial charge in [0.1, 0.15) is 15.6 Å². The van der Waals surface area contributed by atoms with Crippen molar-refractivity contribution in [2.45, 2.75) is 58.3 Å². The first-order valence-corrected chi connectivity index (χ1v) is 10.8. The summed E-state index contributed by atoms with van der Waals surface area (Å²) in [6.45, 7) is 4.95. The van der Waals surface area contributed by atoms with Gasteiger partial charge in [0.25, 0.3) is 0 Å². The van der Waals surface area contributed by atoms with Crippen LogP contribution in [-0.4, -0.2) is 27.0 Å². The minimum atomic E-state index is -2.80. The van der Waals surface area contributed by atoms with Gasteiger partial charge in [0.05, 0.1) is 11.6 Å². The SMILES string of the molecule is CC(C)c1ccc(OCCCCCCCCS(C)(=O)=O)c(Cl)c1. The van der Waals surface area contributed by atoms with Gasteiger partial charge in [-0.2, -0.15) is 0 Å². The lowest BCUT2D eigenvalue weighted by Crippen LogP contribution is -2.02. The average Bonchev–Trinajstić information content (AvgIpc) is 2.45. The van der Waals surface area contributed by atoms with Crippen LogP contribution in [0.1, 0.15) is 63.9 Å². The van der Waals surface area contributed by atoms with E-state index in [1.54, 1.807) is 0 Å². The quantitative estimate of drug-likeness (QED) is 0.507.